The molecule has 0 aromatic rings. The molecule has 0 aliphatic rings. The van der Waals surface area contributed by atoms with Crippen molar-refractivity contribution >= 4 is 23.4 Å². The molecule has 2 amide bonds. The standard InChI is InChI=1S/2C8H15NO2.Zn/c2*1-4-9(5-2)8(11)6-7(3)10;/h2*4-6H2,1-3H3;/q;;+2. The molecule has 6 nitrogen and oxygen atoms in total. The Bertz CT molecular complexity index is 342. The molecule has 0 spiro atoms. The molecular formula is C16H30N2O4Zn+2. The normalized spacial score (nSPS) is 8.96. The molecule has 0 atom stereocenters. The van der Waals surface area contributed by atoms with Crippen molar-refractivity contribution in [2.24, 2.45) is 0 Å². The van der Waals surface area contributed by atoms with E-state index in [0.717, 1.165) is 0 Å². The number of hydrogen-bond acceptors (Lipinski definition) is 4. The van der Waals surface area contributed by atoms with Gasteiger partial charge in [-0.2, -0.15) is 0 Å². The molecule has 0 aromatic heterocycles. The minimum atomic E-state index is -0.0677. The predicted molar refractivity (Wildman–Crippen MR) is 86.5 cm³/mol. The summed E-state index contributed by atoms with van der Waals surface area (Å²) in [7, 11) is 0. The van der Waals surface area contributed by atoms with E-state index in [1.54, 1.807) is 9.80 Å². The van der Waals surface area contributed by atoms with Crippen molar-refractivity contribution in [2.45, 2.75) is 54.4 Å². The minimum absolute atomic E-state index is 0. The molecule has 0 saturated heterocycles. The van der Waals surface area contributed by atoms with Crippen LogP contribution in [0.5, 0.6) is 0 Å². The third kappa shape index (κ3) is 14.2. The Morgan fingerprint density at radius 3 is 0.957 bits per heavy atom. The number of ketones is 2. The maximum absolute atomic E-state index is 11.1. The zero-order valence-corrected chi connectivity index (χ0v) is 18.4. The Balaban J connectivity index is -0.000000333. The molecule has 0 fully saturated rings. The van der Waals surface area contributed by atoms with E-state index in [2.05, 4.69) is 0 Å². The Kier molecular flexibility index (Phi) is 18.4. The third-order valence-corrected chi connectivity index (χ3v) is 3.03. The number of rotatable bonds is 8. The Labute approximate surface area is 152 Å². The van der Waals surface area contributed by atoms with Crippen LogP contribution in [0.15, 0.2) is 0 Å². The second-order valence-corrected chi connectivity index (χ2v) is 4.89. The molecule has 23 heavy (non-hydrogen) atoms. The van der Waals surface area contributed by atoms with Gasteiger partial charge in [0.2, 0.25) is 11.8 Å². The summed E-state index contributed by atoms with van der Waals surface area (Å²) >= 11 is 0. The van der Waals surface area contributed by atoms with Gasteiger partial charge in [-0.25, -0.2) is 0 Å². The number of carbonyl (C=O) groups excluding carboxylic acids is 4. The summed E-state index contributed by atoms with van der Waals surface area (Å²) < 4.78 is 0. The van der Waals surface area contributed by atoms with Crippen molar-refractivity contribution in [3.63, 3.8) is 0 Å². The number of hydrogen-bond donors (Lipinski definition) is 0. The van der Waals surface area contributed by atoms with Gasteiger partial charge in [-0.3, -0.25) is 19.2 Å². The first-order valence-corrected chi connectivity index (χ1v) is 7.77. The molecule has 0 aromatic carbocycles. The van der Waals surface area contributed by atoms with Gasteiger partial charge in [-0.15, -0.1) is 0 Å². The molecule has 0 aliphatic carbocycles. The molecule has 0 N–H and O–H groups in total. The van der Waals surface area contributed by atoms with Crippen molar-refractivity contribution in [1.29, 1.82) is 0 Å². The summed E-state index contributed by atoms with van der Waals surface area (Å²) in [5.74, 6) is -0.270. The van der Waals surface area contributed by atoms with Crippen LogP contribution in [-0.4, -0.2) is 59.4 Å². The summed E-state index contributed by atoms with van der Waals surface area (Å²) in [4.78, 5) is 46.6. The van der Waals surface area contributed by atoms with Crippen molar-refractivity contribution in [3.05, 3.63) is 0 Å². The van der Waals surface area contributed by atoms with Gasteiger partial charge in [0.15, 0.2) is 0 Å². The maximum Gasteiger partial charge on any atom is 2.00 e. The van der Waals surface area contributed by atoms with E-state index in [1.165, 1.54) is 13.8 Å². The second-order valence-electron chi connectivity index (χ2n) is 4.89. The molecular weight excluding hydrogens is 350 g/mol. The fourth-order valence-electron chi connectivity index (χ4n) is 1.80. The van der Waals surface area contributed by atoms with E-state index in [4.69, 9.17) is 0 Å². The first-order valence-electron chi connectivity index (χ1n) is 7.77. The van der Waals surface area contributed by atoms with Crippen molar-refractivity contribution in [3.8, 4) is 0 Å². The van der Waals surface area contributed by atoms with Crippen LogP contribution in [0.2, 0.25) is 0 Å². The van der Waals surface area contributed by atoms with Gasteiger partial charge in [0.1, 0.15) is 11.6 Å². The third-order valence-electron chi connectivity index (χ3n) is 3.03. The first-order chi connectivity index (χ1) is 10.2. The molecule has 0 unspecified atom stereocenters. The SMILES string of the molecule is CCN(CC)C(=O)CC(C)=O.CCN(CC)C(=O)CC(C)=O.[Zn+2]. The first kappa shape index (κ1) is 26.8. The van der Waals surface area contributed by atoms with E-state index in [1.807, 2.05) is 27.7 Å². The van der Waals surface area contributed by atoms with Crippen LogP contribution < -0.4 is 0 Å². The Hall–Kier alpha value is -1.10. The number of Topliss-reactive ketones (excluding diaryl/α,β-unsaturated/α-hetero) is 2. The average Bonchev–Trinajstić information content (AvgIpc) is 2.40. The molecule has 128 valence electrons. The summed E-state index contributed by atoms with van der Waals surface area (Å²) in [6, 6.07) is 0. The van der Waals surface area contributed by atoms with Gasteiger partial charge in [0.25, 0.3) is 0 Å². The summed E-state index contributed by atoms with van der Waals surface area (Å²) in [5, 5.41) is 0. The van der Waals surface area contributed by atoms with Crippen LogP contribution in [0.4, 0.5) is 0 Å². The van der Waals surface area contributed by atoms with Crippen LogP contribution >= 0.6 is 0 Å². The zero-order chi connectivity index (χ0) is 17.7. The number of nitrogens with zero attached hydrogens (tertiary/aromatic N) is 2. The van der Waals surface area contributed by atoms with Crippen molar-refractivity contribution in [2.75, 3.05) is 26.2 Å². The van der Waals surface area contributed by atoms with Gasteiger partial charge in [-0.05, 0) is 41.5 Å². The van der Waals surface area contributed by atoms with Crippen LogP contribution in [0.3, 0.4) is 0 Å². The zero-order valence-electron chi connectivity index (χ0n) is 15.5. The summed E-state index contributed by atoms with van der Waals surface area (Å²) in [6.07, 6.45) is 0.0867. The number of amides is 2. The fourth-order valence-corrected chi connectivity index (χ4v) is 1.80. The maximum atomic E-state index is 11.1. The molecule has 7 heteroatoms. The van der Waals surface area contributed by atoms with Crippen molar-refractivity contribution < 1.29 is 38.7 Å². The van der Waals surface area contributed by atoms with Gasteiger partial charge < -0.3 is 9.80 Å². The topological polar surface area (TPSA) is 74.8 Å². The van der Waals surface area contributed by atoms with E-state index in [-0.39, 0.29) is 55.7 Å². The quantitative estimate of drug-likeness (QED) is 0.475. The summed E-state index contributed by atoms with van der Waals surface area (Å²) in [5.41, 5.74) is 0. The molecule has 0 bridgehead atoms. The minimum Gasteiger partial charge on any atom is -0.343 e. The smallest absolute Gasteiger partial charge is 0.343 e. The van der Waals surface area contributed by atoms with Gasteiger partial charge in [0.05, 0.1) is 12.8 Å². The van der Waals surface area contributed by atoms with Crippen LogP contribution in [0.25, 0.3) is 0 Å². The van der Waals surface area contributed by atoms with Crippen LogP contribution in [-0.2, 0) is 38.7 Å². The van der Waals surface area contributed by atoms with Crippen LogP contribution in [0.1, 0.15) is 54.4 Å². The van der Waals surface area contributed by atoms with Gasteiger partial charge in [0, 0.05) is 26.2 Å². The Morgan fingerprint density at radius 2 is 0.826 bits per heavy atom. The van der Waals surface area contributed by atoms with Gasteiger partial charge in [-0.1, -0.05) is 0 Å². The van der Waals surface area contributed by atoms with E-state index >= 15 is 0 Å². The second kappa shape index (κ2) is 15.8. The van der Waals surface area contributed by atoms with E-state index in [9.17, 15) is 19.2 Å². The fraction of sp³-hybridized carbons (Fsp3) is 0.750. The molecule has 0 saturated carbocycles. The molecule has 0 heterocycles. The molecule has 0 rings (SSSR count). The average molecular weight is 380 g/mol. The predicted octanol–water partition coefficient (Wildman–Crippen LogP) is 1.67. The largest absolute Gasteiger partial charge is 2.00 e. The summed E-state index contributed by atoms with van der Waals surface area (Å²) in [6.45, 7) is 13.2. The molecule has 0 aliphatic heterocycles. The monoisotopic (exact) mass is 378 g/mol. The van der Waals surface area contributed by atoms with Crippen molar-refractivity contribution in [1.82, 2.24) is 9.80 Å². The molecule has 0 radical (unpaired) electrons. The Morgan fingerprint density at radius 1 is 0.609 bits per heavy atom. The van der Waals surface area contributed by atoms with E-state index < -0.39 is 0 Å². The van der Waals surface area contributed by atoms with Crippen LogP contribution in [0, 0.1) is 0 Å². The number of carbonyl (C=O) groups is 4. The van der Waals surface area contributed by atoms with E-state index in [0.29, 0.717) is 26.2 Å². The van der Waals surface area contributed by atoms with Gasteiger partial charge >= 0.3 is 19.5 Å².